The first-order chi connectivity index (χ1) is 12.5. The molecule has 1 aliphatic rings. The fraction of sp³-hybridized carbons (Fsp3) is 0.500. The number of hydrogen-bond donors (Lipinski definition) is 1. The number of aromatic nitrogens is 3. The zero-order valence-electron chi connectivity index (χ0n) is 15.3. The summed E-state index contributed by atoms with van der Waals surface area (Å²) in [7, 11) is 5.59. The van der Waals surface area contributed by atoms with Gasteiger partial charge in [0, 0.05) is 31.3 Å². The van der Waals surface area contributed by atoms with E-state index in [1.807, 2.05) is 14.1 Å². The second-order valence-corrected chi connectivity index (χ2v) is 6.68. The molecule has 0 aliphatic heterocycles. The van der Waals surface area contributed by atoms with Crippen molar-refractivity contribution >= 4 is 11.6 Å². The predicted octanol–water partition coefficient (Wildman–Crippen LogP) is 0.978. The van der Waals surface area contributed by atoms with Gasteiger partial charge in [0.25, 0.3) is 5.56 Å². The smallest absolute Gasteiger partial charge is 0.328 e. The van der Waals surface area contributed by atoms with Crippen molar-refractivity contribution in [2.45, 2.75) is 31.9 Å². The molecule has 0 fully saturated rings. The molecule has 0 spiro atoms. The molecule has 0 bridgehead atoms. The third-order valence-electron chi connectivity index (χ3n) is 4.58. The number of oxazole rings is 1. The molecule has 0 radical (unpaired) electrons. The molecule has 1 atom stereocenters. The minimum absolute atomic E-state index is 0.278. The topological polar surface area (TPSA) is 93.4 Å². The van der Waals surface area contributed by atoms with Gasteiger partial charge < -0.3 is 19.0 Å². The van der Waals surface area contributed by atoms with Crippen molar-refractivity contribution in [1.29, 1.82) is 0 Å². The van der Waals surface area contributed by atoms with Crippen molar-refractivity contribution in [3.8, 4) is 0 Å². The Morgan fingerprint density at radius 3 is 2.85 bits per heavy atom. The highest BCUT2D eigenvalue weighted by molar-refractivity contribution is 5.84. The normalized spacial score (nSPS) is 16.6. The summed E-state index contributed by atoms with van der Waals surface area (Å²) in [4.78, 5) is 34.1. The molecule has 0 amide bonds. The molecule has 3 rings (SSSR count). The van der Waals surface area contributed by atoms with Crippen molar-refractivity contribution in [1.82, 2.24) is 19.4 Å². The minimum Gasteiger partial charge on any atom is -0.444 e. The van der Waals surface area contributed by atoms with Gasteiger partial charge in [0.05, 0.1) is 17.9 Å². The molecule has 8 heteroatoms. The van der Waals surface area contributed by atoms with Crippen LogP contribution in [-0.4, -0.2) is 53.3 Å². The molecule has 1 N–H and O–H groups in total. The Morgan fingerprint density at radius 2 is 2.19 bits per heavy atom. The van der Waals surface area contributed by atoms with Crippen molar-refractivity contribution in [2.24, 2.45) is 0 Å². The van der Waals surface area contributed by atoms with E-state index in [1.54, 1.807) is 19.4 Å². The van der Waals surface area contributed by atoms with Gasteiger partial charge in [-0.25, -0.2) is 9.78 Å². The number of nitrogens with zero attached hydrogens (tertiary/aromatic N) is 3. The van der Waals surface area contributed by atoms with E-state index in [1.165, 1.54) is 11.0 Å². The molecule has 1 unspecified atom stereocenters. The van der Waals surface area contributed by atoms with Gasteiger partial charge >= 0.3 is 5.69 Å². The molecule has 140 valence electrons. The lowest BCUT2D eigenvalue weighted by Gasteiger charge is -2.23. The Kier molecular flexibility index (Phi) is 5.53. The second-order valence-electron chi connectivity index (χ2n) is 6.68. The monoisotopic (exact) mass is 360 g/mol. The lowest BCUT2D eigenvalue weighted by Crippen LogP contribution is -2.40. The number of ether oxygens (including phenoxy) is 1. The zero-order valence-corrected chi connectivity index (χ0v) is 15.3. The first-order valence-corrected chi connectivity index (χ1v) is 8.65. The quantitative estimate of drug-likeness (QED) is 0.740. The zero-order chi connectivity index (χ0) is 18.7. The summed E-state index contributed by atoms with van der Waals surface area (Å²) in [6.45, 7) is 1.32. The van der Waals surface area contributed by atoms with Crippen LogP contribution in [0.3, 0.4) is 0 Å². The van der Waals surface area contributed by atoms with Gasteiger partial charge in [-0.2, -0.15) is 0 Å². The highest BCUT2D eigenvalue weighted by atomic mass is 16.5. The van der Waals surface area contributed by atoms with E-state index in [0.29, 0.717) is 30.0 Å². The van der Waals surface area contributed by atoms with Crippen LogP contribution in [0.25, 0.3) is 11.6 Å². The molecule has 8 nitrogen and oxygen atoms in total. The highest BCUT2D eigenvalue weighted by Crippen LogP contribution is 2.29. The number of aromatic amines is 1. The van der Waals surface area contributed by atoms with E-state index in [4.69, 9.17) is 9.15 Å². The molecule has 2 aromatic rings. The van der Waals surface area contributed by atoms with Crippen LogP contribution in [0.5, 0.6) is 0 Å². The maximum Gasteiger partial charge on any atom is 0.328 e. The summed E-state index contributed by atoms with van der Waals surface area (Å²) in [5.74, 6) is 0.561. The molecule has 0 aromatic carbocycles. The molecule has 1 aliphatic carbocycles. The van der Waals surface area contributed by atoms with E-state index >= 15 is 0 Å². The summed E-state index contributed by atoms with van der Waals surface area (Å²) in [6.07, 6.45) is 6.45. The molecular formula is C18H24N4O4. The van der Waals surface area contributed by atoms with E-state index in [2.05, 4.69) is 14.9 Å². The van der Waals surface area contributed by atoms with Gasteiger partial charge in [-0.1, -0.05) is 0 Å². The SMILES string of the molecule is COC1Cc2[nH]c(=O)n(CCCCN(C)C)c(=O)c2C=C1c1cnco1. The largest absolute Gasteiger partial charge is 0.444 e. The van der Waals surface area contributed by atoms with Crippen molar-refractivity contribution < 1.29 is 9.15 Å². The number of hydrogen-bond acceptors (Lipinski definition) is 6. The fourth-order valence-electron chi connectivity index (χ4n) is 3.18. The van der Waals surface area contributed by atoms with E-state index in [0.717, 1.165) is 25.0 Å². The summed E-state index contributed by atoms with van der Waals surface area (Å²) in [5, 5.41) is 0. The van der Waals surface area contributed by atoms with Crippen molar-refractivity contribution in [2.75, 3.05) is 27.7 Å². The van der Waals surface area contributed by atoms with Gasteiger partial charge in [0.2, 0.25) is 0 Å². The standard InChI is InChI=1S/C18H24N4O4/c1-21(2)6-4-5-7-22-17(23)12-8-13(16-10-19-11-26-16)15(25-3)9-14(12)20-18(22)24/h8,10-11,15H,4-7,9H2,1-3H3,(H,20,24). The number of rotatable bonds is 7. The second kappa shape index (κ2) is 7.84. The minimum atomic E-state index is -0.370. The average molecular weight is 360 g/mol. The predicted molar refractivity (Wildman–Crippen MR) is 98.0 cm³/mol. The number of H-pyrrole nitrogens is 1. The summed E-state index contributed by atoms with van der Waals surface area (Å²) >= 11 is 0. The first kappa shape index (κ1) is 18.3. The number of unbranched alkanes of at least 4 members (excludes halogenated alkanes) is 1. The lowest BCUT2D eigenvalue weighted by molar-refractivity contribution is 0.146. The summed E-state index contributed by atoms with van der Waals surface area (Å²) in [5.41, 5.74) is 1.18. The molecule has 2 heterocycles. The van der Waals surface area contributed by atoms with Crippen LogP contribution in [-0.2, 0) is 17.7 Å². The maximum atomic E-state index is 12.9. The highest BCUT2D eigenvalue weighted by Gasteiger charge is 2.27. The van der Waals surface area contributed by atoms with Crippen LogP contribution in [0, 0.1) is 0 Å². The Balaban J connectivity index is 1.94. The van der Waals surface area contributed by atoms with Crippen molar-refractivity contribution in [3.05, 3.63) is 50.4 Å². The van der Waals surface area contributed by atoms with Crippen LogP contribution in [0.2, 0.25) is 0 Å². The lowest BCUT2D eigenvalue weighted by atomic mass is 9.93. The van der Waals surface area contributed by atoms with Gasteiger partial charge in [-0.3, -0.25) is 9.36 Å². The van der Waals surface area contributed by atoms with Gasteiger partial charge in [0.1, 0.15) is 0 Å². The number of methoxy groups -OCH3 is 1. The van der Waals surface area contributed by atoms with Crippen LogP contribution < -0.4 is 11.2 Å². The summed E-state index contributed by atoms with van der Waals surface area (Å²) in [6, 6.07) is 0. The molecule has 2 aromatic heterocycles. The van der Waals surface area contributed by atoms with Gasteiger partial charge in [0.15, 0.2) is 12.2 Å². The van der Waals surface area contributed by atoms with Gasteiger partial charge in [-0.05, 0) is 39.6 Å². The van der Waals surface area contributed by atoms with Crippen LogP contribution in [0.15, 0.2) is 26.6 Å². The van der Waals surface area contributed by atoms with E-state index in [-0.39, 0.29) is 17.4 Å². The Bertz CT molecular complexity index is 893. The first-order valence-electron chi connectivity index (χ1n) is 8.65. The maximum absolute atomic E-state index is 12.9. The molecule has 26 heavy (non-hydrogen) atoms. The Hall–Kier alpha value is -2.45. The van der Waals surface area contributed by atoms with Gasteiger partial charge in [-0.15, -0.1) is 0 Å². The number of nitrogens with one attached hydrogen (secondary N) is 1. The molecule has 0 saturated carbocycles. The third-order valence-corrected chi connectivity index (χ3v) is 4.58. The average Bonchev–Trinajstić information content (AvgIpc) is 3.14. The molecule has 0 saturated heterocycles. The molecular weight excluding hydrogens is 336 g/mol. The van der Waals surface area contributed by atoms with E-state index in [9.17, 15) is 9.59 Å². The third kappa shape index (κ3) is 3.71. The van der Waals surface area contributed by atoms with Crippen LogP contribution >= 0.6 is 0 Å². The van der Waals surface area contributed by atoms with Crippen molar-refractivity contribution in [3.63, 3.8) is 0 Å². The Morgan fingerprint density at radius 1 is 1.38 bits per heavy atom. The Labute approximate surface area is 151 Å². The fourth-order valence-corrected chi connectivity index (χ4v) is 3.18. The van der Waals surface area contributed by atoms with Crippen LogP contribution in [0.4, 0.5) is 0 Å². The van der Waals surface area contributed by atoms with Crippen LogP contribution in [0.1, 0.15) is 29.9 Å². The number of fused-ring (bicyclic) bond motifs is 1. The van der Waals surface area contributed by atoms with E-state index < -0.39 is 0 Å². The summed E-state index contributed by atoms with van der Waals surface area (Å²) < 4.78 is 12.1.